The third-order valence-electron chi connectivity index (χ3n) is 8.92. The lowest BCUT2D eigenvalue weighted by Crippen LogP contribution is -2.49. The van der Waals surface area contributed by atoms with Crippen LogP contribution in [0.5, 0.6) is 0 Å². The Morgan fingerprint density at radius 2 is 1.91 bits per heavy atom. The standard InChI is InChI=1S/C35H39FN6O5/c1-20(15-30(47-6)28(23(4)36)17-42-14-13-35(18-42)33(45)39-34(46)40-35)24-9-7-10-25(21(24)2)26-11-8-12-29(22(26)3)38-31(43)27-16-37-19-41(5)32(27)44/h7-12,15-16,19,32,44H,1,13-14,17-18H2,2-6H3,(H,38,43)(H2,39,40,45,46)/b28-23+,30-15+. The first-order valence-corrected chi connectivity index (χ1v) is 15.2. The van der Waals surface area contributed by atoms with E-state index in [9.17, 15) is 19.5 Å². The molecule has 0 bridgehead atoms. The number of halogens is 1. The van der Waals surface area contributed by atoms with Crippen molar-refractivity contribution in [3.63, 3.8) is 0 Å². The van der Waals surface area contributed by atoms with Crippen LogP contribution in [0.4, 0.5) is 14.9 Å². The number of urea groups is 1. The van der Waals surface area contributed by atoms with Gasteiger partial charge in [-0.25, -0.2) is 14.2 Å². The number of benzene rings is 2. The second-order valence-electron chi connectivity index (χ2n) is 12.0. The summed E-state index contributed by atoms with van der Waals surface area (Å²) in [7, 11) is 3.10. The number of ether oxygens (including phenoxy) is 1. The van der Waals surface area contributed by atoms with E-state index in [1.807, 2.05) is 49.1 Å². The molecule has 4 amide bonds. The largest absolute Gasteiger partial charge is 0.496 e. The first kappa shape index (κ1) is 33.3. The van der Waals surface area contributed by atoms with Crippen LogP contribution in [0.3, 0.4) is 0 Å². The average molecular weight is 643 g/mol. The lowest BCUT2D eigenvalue weighted by Gasteiger charge is -2.25. The number of imide groups is 1. The van der Waals surface area contributed by atoms with Crippen molar-refractivity contribution in [2.24, 2.45) is 4.99 Å². The number of likely N-dealkylation sites (tertiary alicyclic amines) is 1. The Morgan fingerprint density at radius 3 is 2.57 bits per heavy atom. The summed E-state index contributed by atoms with van der Waals surface area (Å²) < 4.78 is 20.7. The van der Waals surface area contributed by atoms with E-state index in [0.29, 0.717) is 35.6 Å². The third kappa shape index (κ3) is 6.60. The molecule has 0 radical (unpaired) electrons. The van der Waals surface area contributed by atoms with Gasteiger partial charge in [-0.3, -0.25) is 19.8 Å². The molecule has 47 heavy (non-hydrogen) atoms. The van der Waals surface area contributed by atoms with E-state index in [2.05, 4.69) is 27.5 Å². The molecule has 12 heteroatoms. The zero-order valence-electron chi connectivity index (χ0n) is 27.1. The van der Waals surface area contributed by atoms with E-state index < -0.39 is 29.5 Å². The molecular formula is C35H39FN6O5. The zero-order valence-corrected chi connectivity index (χ0v) is 27.1. The smallest absolute Gasteiger partial charge is 0.322 e. The van der Waals surface area contributed by atoms with Gasteiger partial charge in [0.2, 0.25) is 0 Å². The van der Waals surface area contributed by atoms with Gasteiger partial charge in [0, 0.05) is 44.1 Å². The van der Waals surface area contributed by atoms with Crippen molar-refractivity contribution in [3.8, 4) is 11.1 Å². The number of methoxy groups -OCH3 is 1. The number of hydrogen-bond donors (Lipinski definition) is 4. The molecular weight excluding hydrogens is 603 g/mol. The maximum absolute atomic E-state index is 15.0. The lowest BCUT2D eigenvalue weighted by atomic mass is 9.90. The number of carbonyl (C=O) groups excluding carboxylic acids is 3. The van der Waals surface area contributed by atoms with Crippen LogP contribution in [-0.4, -0.2) is 84.6 Å². The summed E-state index contributed by atoms with van der Waals surface area (Å²) in [4.78, 5) is 44.6. The quantitative estimate of drug-likeness (QED) is 0.183. The molecule has 0 aromatic heterocycles. The van der Waals surface area contributed by atoms with Crippen LogP contribution < -0.4 is 16.0 Å². The lowest BCUT2D eigenvalue weighted by molar-refractivity contribution is -0.123. The number of carbonyl (C=O) groups is 3. The molecule has 3 aliphatic heterocycles. The summed E-state index contributed by atoms with van der Waals surface area (Å²) in [5.41, 5.74) is 5.02. The van der Waals surface area contributed by atoms with Crippen LogP contribution in [0.25, 0.3) is 16.7 Å². The molecule has 4 N–H and O–H groups in total. The van der Waals surface area contributed by atoms with E-state index in [-0.39, 0.29) is 24.6 Å². The number of nitrogens with one attached hydrogen (secondary N) is 3. The highest BCUT2D eigenvalue weighted by atomic mass is 19.1. The van der Waals surface area contributed by atoms with Crippen LogP contribution in [0.1, 0.15) is 30.0 Å². The van der Waals surface area contributed by atoms with Crippen molar-refractivity contribution in [2.45, 2.75) is 39.0 Å². The van der Waals surface area contributed by atoms with Crippen molar-refractivity contribution in [1.82, 2.24) is 20.4 Å². The van der Waals surface area contributed by atoms with Gasteiger partial charge in [0.25, 0.3) is 11.8 Å². The number of aliphatic hydroxyl groups is 1. The molecule has 2 atom stereocenters. The van der Waals surface area contributed by atoms with Gasteiger partial charge in [-0.05, 0) is 72.7 Å². The molecule has 2 unspecified atom stereocenters. The van der Waals surface area contributed by atoms with Crippen molar-refractivity contribution >= 4 is 35.4 Å². The summed E-state index contributed by atoms with van der Waals surface area (Å²) in [5, 5.41) is 18.3. The molecule has 3 aliphatic rings. The summed E-state index contributed by atoms with van der Waals surface area (Å²) >= 11 is 0. The summed E-state index contributed by atoms with van der Waals surface area (Å²) in [6.07, 6.45) is 3.81. The SMILES string of the molecule is C=C(/C=C(OC)\C(CN1CCC2(C1)NC(=O)NC2=O)=C(/C)F)c1cccc(-c2cccc(NC(=O)C3=CN=CN(C)C3O)c2C)c1C. The molecule has 2 fully saturated rings. The molecule has 0 aliphatic carbocycles. The predicted octanol–water partition coefficient (Wildman–Crippen LogP) is 4.16. The van der Waals surface area contributed by atoms with Gasteiger partial charge in [0.15, 0.2) is 6.23 Å². The second-order valence-corrected chi connectivity index (χ2v) is 12.0. The monoisotopic (exact) mass is 642 g/mol. The first-order chi connectivity index (χ1) is 22.3. The van der Waals surface area contributed by atoms with Gasteiger partial charge >= 0.3 is 6.03 Å². The molecule has 2 aromatic carbocycles. The highest BCUT2D eigenvalue weighted by Crippen LogP contribution is 2.35. The van der Waals surface area contributed by atoms with E-state index in [0.717, 1.165) is 27.8 Å². The van der Waals surface area contributed by atoms with Crippen LogP contribution in [0.15, 0.2) is 83.0 Å². The summed E-state index contributed by atoms with van der Waals surface area (Å²) in [6, 6.07) is 10.9. The van der Waals surface area contributed by atoms with Gasteiger partial charge in [-0.2, -0.15) is 0 Å². The molecule has 1 spiro atoms. The Balaban J connectivity index is 1.38. The topological polar surface area (TPSA) is 136 Å². The molecule has 5 rings (SSSR count). The minimum absolute atomic E-state index is 0.131. The van der Waals surface area contributed by atoms with Gasteiger partial charge in [-0.1, -0.05) is 36.9 Å². The van der Waals surface area contributed by atoms with E-state index >= 15 is 4.39 Å². The fraction of sp³-hybridized carbons (Fsp3) is 0.314. The molecule has 246 valence electrons. The van der Waals surface area contributed by atoms with E-state index in [1.165, 1.54) is 31.5 Å². The predicted molar refractivity (Wildman–Crippen MR) is 179 cm³/mol. The maximum atomic E-state index is 15.0. The minimum atomic E-state index is -1.11. The van der Waals surface area contributed by atoms with Crippen LogP contribution >= 0.6 is 0 Å². The van der Waals surface area contributed by atoms with Crippen LogP contribution in [0.2, 0.25) is 0 Å². The minimum Gasteiger partial charge on any atom is -0.496 e. The number of aliphatic hydroxyl groups excluding tert-OH is 1. The van der Waals surface area contributed by atoms with Crippen molar-refractivity contribution in [2.75, 3.05) is 39.1 Å². The number of amides is 4. The fourth-order valence-electron chi connectivity index (χ4n) is 6.20. The number of likely N-dealkylation sites (N-methyl/N-ethyl adjacent to an activating group) is 1. The Kier molecular flexibility index (Phi) is 9.45. The summed E-state index contributed by atoms with van der Waals surface area (Å²) in [6.45, 7) is 10.4. The van der Waals surface area contributed by atoms with E-state index in [1.54, 1.807) is 19.2 Å². The number of allylic oxidation sites excluding steroid dienone is 3. The third-order valence-corrected chi connectivity index (χ3v) is 8.92. The van der Waals surface area contributed by atoms with Crippen molar-refractivity contribution < 1.29 is 28.6 Å². The van der Waals surface area contributed by atoms with Crippen LogP contribution in [-0.2, 0) is 14.3 Å². The molecule has 0 saturated carbocycles. The fourth-order valence-corrected chi connectivity index (χ4v) is 6.20. The van der Waals surface area contributed by atoms with Crippen molar-refractivity contribution in [3.05, 3.63) is 94.7 Å². The van der Waals surface area contributed by atoms with Gasteiger partial charge in [0.1, 0.15) is 17.1 Å². The Morgan fingerprint density at radius 1 is 1.21 bits per heavy atom. The molecule has 3 heterocycles. The Bertz CT molecular complexity index is 1780. The molecule has 2 aromatic rings. The van der Waals surface area contributed by atoms with Crippen LogP contribution in [0, 0.1) is 13.8 Å². The normalized spacial score (nSPS) is 21.8. The molecule has 2 saturated heterocycles. The summed E-state index contributed by atoms with van der Waals surface area (Å²) in [5.74, 6) is -0.952. The second kappa shape index (κ2) is 13.3. The van der Waals surface area contributed by atoms with E-state index in [4.69, 9.17) is 4.74 Å². The number of aliphatic imine (C=N–C) groups is 1. The number of anilines is 1. The highest BCUT2D eigenvalue weighted by molar-refractivity contribution is 6.07. The van der Waals surface area contributed by atoms with Gasteiger partial charge < -0.3 is 25.4 Å². The Hall–Kier alpha value is -5.07. The van der Waals surface area contributed by atoms with Gasteiger partial charge in [0.05, 0.1) is 19.0 Å². The maximum Gasteiger partial charge on any atom is 0.322 e. The zero-order chi connectivity index (χ0) is 34.0. The highest BCUT2D eigenvalue weighted by Gasteiger charge is 2.50. The number of nitrogens with zero attached hydrogens (tertiary/aromatic N) is 3. The van der Waals surface area contributed by atoms with Gasteiger partial charge in [-0.15, -0.1) is 0 Å². The first-order valence-electron chi connectivity index (χ1n) is 15.2. The number of rotatable bonds is 9. The number of hydrogen-bond acceptors (Lipinski definition) is 8. The Labute approximate surface area is 273 Å². The average Bonchev–Trinajstić information content (AvgIpc) is 3.57. The molecule has 11 nitrogen and oxygen atoms in total. The van der Waals surface area contributed by atoms with Crippen molar-refractivity contribution in [1.29, 1.82) is 0 Å².